The molecular weight excluding hydrogens is 264 g/mol. The Bertz CT molecular complexity index is 423. The van der Waals surface area contributed by atoms with Crippen LogP contribution in [0.5, 0.6) is 0 Å². The summed E-state index contributed by atoms with van der Waals surface area (Å²) in [7, 11) is 3.31. The van der Waals surface area contributed by atoms with E-state index in [1.807, 2.05) is 30.3 Å². The van der Waals surface area contributed by atoms with Crippen LogP contribution in [-0.4, -0.2) is 47.9 Å². The SMILES string of the molecule is CN(C)C(=O)CC(CSc1ccccc1)NC(=O)O. The third-order valence-electron chi connectivity index (χ3n) is 2.44. The lowest BCUT2D eigenvalue weighted by Gasteiger charge is -2.18. The maximum absolute atomic E-state index is 11.6. The number of nitrogens with zero attached hydrogens (tertiary/aromatic N) is 1. The average molecular weight is 282 g/mol. The summed E-state index contributed by atoms with van der Waals surface area (Å²) in [4.78, 5) is 24.9. The molecule has 0 aliphatic rings. The molecule has 1 unspecified atom stereocenters. The fourth-order valence-electron chi connectivity index (χ4n) is 1.43. The van der Waals surface area contributed by atoms with Crippen LogP contribution in [0.4, 0.5) is 4.79 Å². The molecule has 104 valence electrons. The van der Waals surface area contributed by atoms with Crippen molar-refractivity contribution in [2.75, 3.05) is 19.8 Å². The first-order chi connectivity index (χ1) is 8.99. The molecule has 0 saturated carbocycles. The quantitative estimate of drug-likeness (QED) is 0.782. The average Bonchev–Trinajstić information content (AvgIpc) is 2.36. The van der Waals surface area contributed by atoms with Crippen LogP contribution in [0.25, 0.3) is 0 Å². The van der Waals surface area contributed by atoms with Crippen molar-refractivity contribution in [1.29, 1.82) is 0 Å². The number of carboxylic acid groups (broad SMARTS) is 1. The van der Waals surface area contributed by atoms with Gasteiger partial charge in [0, 0.05) is 31.2 Å². The lowest BCUT2D eigenvalue weighted by molar-refractivity contribution is -0.129. The van der Waals surface area contributed by atoms with Crippen LogP contribution in [0.1, 0.15) is 6.42 Å². The van der Waals surface area contributed by atoms with Gasteiger partial charge in [-0.1, -0.05) is 18.2 Å². The lowest BCUT2D eigenvalue weighted by Crippen LogP contribution is -2.39. The first-order valence-corrected chi connectivity index (χ1v) is 6.85. The Kier molecular flexibility index (Phi) is 6.21. The van der Waals surface area contributed by atoms with Gasteiger partial charge < -0.3 is 15.3 Å². The second kappa shape index (κ2) is 7.68. The van der Waals surface area contributed by atoms with E-state index in [2.05, 4.69) is 5.32 Å². The van der Waals surface area contributed by atoms with Gasteiger partial charge in [-0.15, -0.1) is 11.8 Å². The number of amides is 2. The summed E-state index contributed by atoms with van der Waals surface area (Å²) < 4.78 is 0. The van der Waals surface area contributed by atoms with E-state index in [0.29, 0.717) is 5.75 Å². The van der Waals surface area contributed by atoms with Crippen LogP contribution in [0, 0.1) is 0 Å². The molecule has 0 bridgehead atoms. The third-order valence-corrected chi connectivity index (χ3v) is 3.62. The summed E-state index contributed by atoms with van der Waals surface area (Å²) in [6.07, 6.45) is -0.940. The second-order valence-electron chi connectivity index (χ2n) is 4.26. The Labute approximate surface area is 117 Å². The molecule has 1 aromatic rings. The number of hydrogen-bond donors (Lipinski definition) is 2. The summed E-state index contributed by atoms with van der Waals surface area (Å²) in [5.41, 5.74) is 0. The fourth-order valence-corrected chi connectivity index (χ4v) is 2.38. The zero-order valence-electron chi connectivity index (χ0n) is 11.0. The number of thioether (sulfide) groups is 1. The smallest absolute Gasteiger partial charge is 0.404 e. The standard InChI is InChI=1S/C13H18N2O3S/c1-15(2)12(16)8-10(14-13(17)18)9-19-11-6-4-3-5-7-11/h3-7,10,14H,8-9H2,1-2H3,(H,17,18). The van der Waals surface area contributed by atoms with Crippen molar-refractivity contribution in [2.24, 2.45) is 0 Å². The number of carbonyl (C=O) groups excluding carboxylic acids is 1. The second-order valence-corrected chi connectivity index (χ2v) is 5.36. The molecule has 0 fully saturated rings. The molecule has 1 rings (SSSR count). The van der Waals surface area contributed by atoms with Crippen molar-refractivity contribution in [3.63, 3.8) is 0 Å². The molecule has 19 heavy (non-hydrogen) atoms. The molecule has 0 aliphatic carbocycles. The minimum atomic E-state index is -1.11. The molecule has 0 radical (unpaired) electrons. The number of rotatable bonds is 6. The number of hydrogen-bond acceptors (Lipinski definition) is 3. The highest BCUT2D eigenvalue weighted by Crippen LogP contribution is 2.19. The van der Waals surface area contributed by atoms with Gasteiger partial charge in [-0.25, -0.2) is 4.79 Å². The fraction of sp³-hybridized carbons (Fsp3) is 0.385. The predicted octanol–water partition coefficient (Wildman–Crippen LogP) is 1.89. The van der Waals surface area contributed by atoms with E-state index in [-0.39, 0.29) is 12.3 Å². The Hall–Kier alpha value is -1.69. The van der Waals surface area contributed by atoms with Gasteiger partial charge in [0.2, 0.25) is 5.91 Å². The highest BCUT2D eigenvalue weighted by Gasteiger charge is 2.17. The summed E-state index contributed by atoms with van der Waals surface area (Å²) in [5.74, 6) is 0.433. The molecule has 5 nitrogen and oxygen atoms in total. The molecular formula is C13H18N2O3S. The minimum absolute atomic E-state index is 0.0904. The van der Waals surface area contributed by atoms with Gasteiger partial charge in [0.1, 0.15) is 0 Å². The van der Waals surface area contributed by atoms with Crippen molar-refractivity contribution in [2.45, 2.75) is 17.4 Å². The van der Waals surface area contributed by atoms with Crippen LogP contribution < -0.4 is 5.32 Å². The molecule has 0 spiro atoms. The zero-order chi connectivity index (χ0) is 14.3. The Morgan fingerprint density at radius 2 is 1.95 bits per heavy atom. The van der Waals surface area contributed by atoms with Crippen molar-refractivity contribution >= 4 is 23.8 Å². The summed E-state index contributed by atoms with van der Waals surface area (Å²) in [6.45, 7) is 0. The van der Waals surface area contributed by atoms with E-state index in [4.69, 9.17) is 5.11 Å². The van der Waals surface area contributed by atoms with Crippen LogP contribution in [-0.2, 0) is 4.79 Å². The highest BCUT2D eigenvalue weighted by atomic mass is 32.2. The van der Waals surface area contributed by atoms with E-state index >= 15 is 0 Å². The maximum atomic E-state index is 11.6. The van der Waals surface area contributed by atoms with E-state index in [1.54, 1.807) is 14.1 Å². The number of benzene rings is 1. The van der Waals surface area contributed by atoms with Crippen LogP contribution in [0.15, 0.2) is 35.2 Å². The minimum Gasteiger partial charge on any atom is -0.465 e. The predicted molar refractivity (Wildman–Crippen MR) is 75.4 cm³/mol. The van der Waals surface area contributed by atoms with Crippen molar-refractivity contribution in [3.05, 3.63) is 30.3 Å². The van der Waals surface area contributed by atoms with E-state index in [9.17, 15) is 9.59 Å². The monoisotopic (exact) mass is 282 g/mol. The molecule has 0 heterocycles. The molecule has 0 aromatic heterocycles. The summed E-state index contributed by atoms with van der Waals surface area (Å²) in [6, 6.07) is 9.29. The van der Waals surface area contributed by atoms with E-state index < -0.39 is 12.1 Å². The Morgan fingerprint density at radius 1 is 1.32 bits per heavy atom. The van der Waals surface area contributed by atoms with Gasteiger partial charge in [0.15, 0.2) is 0 Å². The van der Waals surface area contributed by atoms with Crippen LogP contribution in [0.3, 0.4) is 0 Å². The van der Waals surface area contributed by atoms with Gasteiger partial charge in [0.05, 0.1) is 6.04 Å². The van der Waals surface area contributed by atoms with Gasteiger partial charge >= 0.3 is 6.09 Å². The van der Waals surface area contributed by atoms with Gasteiger partial charge in [-0.05, 0) is 12.1 Å². The van der Waals surface area contributed by atoms with Crippen molar-refractivity contribution in [3.8, 4) is 0 Å². The molecule has 1 atom stereocenters. The zero-order valence-corrected chi connectivity index (χ0v) is 11.8. The lowest BCUT2D eigenvalue weighted by atomic mass is 10.2. The molecule has 6 heteroatoms. The largest absolute Gasteiger partial charge is 0.465 e. The first kappa shape index (κ1) is 15.4. The van der Waals surface area contributed by atoms with Gasteiger partial charge in [0.25, 0.3) is 0 Å². The Morgan fingerprint density at radius 3 is 2.47 bits per heavy atom. The molecule has 2 amide bonds. The molecule has 0 saturated heterocycles. The van der Waals surface area contributed by atoms with Gasteiger partial charge in [-0.2, -0.15) is 0 Å². The van der Waals surface area contributed by atoms with Crippen molar-refractivity contribution < 1.29 is 14.7 Å². The number of nitrogens with one attached hydrogen (secondary N) is 1. The van der Waals surface area contributed by atoms with Crippen LogP contribution >= 0.6 is 11.8 Å². The van der Waals surface area contributed by atoms with Gasteiger partial charge in [-0.3, -0.25) is 4.79 Å². The first-order valence-electron chi connectivity index (χ1n) is 5.86. The summed E-state index contributed by atoms with van der Waals surface area (Å²) in [5, 5.41) is 11.2. The number of carbonyl (C=O) groups is 2. The molecule has 2 N–H and O–H groups in total. The van der Waals surface area contributed by atoms with Crippen LogP contribution in [0.2, 0.25) is 0 Å². The van der Waals surface area contributed by atoms with E-state index in [1.165, 1.54) is 16.7 Å². The third kappa shape index (κ3) is 6.15. The maximum Gasteiger partial charge on any atom is 0.404 e. The summed E-state index contributed by atoms with van der Waals surface area (Å²) >= 11 is 1.53. The van der Waals surface area contributed by atoms with Crippen molar-refractivity contribution in [1.82, 2.24) is 10.2 Å². The van der Waals surface area contributed by atoms with E-state index in [0.717, 1.165) is 4.90 Å². The molecule has 1 aromatic carbocycles. The Balaban J connectivity index is 2.54. The highest BCUT2D eigenvalue weighted by molar-refractivity contribution is 7.99. The molecule has 0 aliphatic heterocycles. The normalized spacial score (nSPS) is 11.7. The topological polar surface area (TPSA) is 69.6 Å².